The van der Waals surface area contributed by atoms with Gasteiger partial charge in [0, 0.05) is 44.1 Å². The van der Waals surface area contributed by atoms with Crippen LogP contribution >= 0.6 is 11.3 Å². The molecule has 3 saturated heterocycles. The van der Waals surface area contributed by atoms with Crippen LogP contribution in [0.3, 0.4) is 0 Å². The normalized spacial score (nSPS) is 33.9. The van der Waals surface area contributed by atoms with Crippen molar-refractivity contribution in [2.45, 2.75) is 45.1 Å². The van der Waals surface area contributed by atoms with E-state index in [0.29, 0.717) is 19.6 Å². The van der Waals surface area contributed by atoms with Crippen molar-refractivity contribution in [1.82, 2.24) is 19.7 Å². The van der Waals surface area contributed by atoms with Gasteiger partial charge in [-0.3, -0.25) is 14.5 Å². The second kappa shape index (κ2) is 6.89. The van der Waals surface area contributed by atoms with Gasteiger partial charge in [-0.1, -0.05) is 12.2 Å². The quantitative estimate of drug-likeness (QED) is 0.692. The van der Waals surface area contributed by atoms with Crippen LogP contribution in [-0.2, 0) is 20.9 Å². The molecule has 3 fully saturated rings. The highest BCUT2D eigenvalue weighted by Gasteiger charge is 2.67. The Morgan fingerprint density at radius 3 is 2.76 bits per heavy atom. The van der Waals surface area contributed by atoms with Gasteiger partial charge in [0.25, 0.3) is 0 Å². The fourth-order valence-corrected chi connectivity index (χ4v) is 5.90. The second-order valence-corrected chi connectivity index (χ2v) is 9.98. The number of fused-ring (bicyclic) bond motifs is 1. The molecule has 0 N–H and O–H groups in total. The number of nitrogens with zero attached hydrogens (tertiary/aromatic N) is 4. The zero-order valence-electron chi connectivity index (χ0n) is 17.2. The Morgan fingerprint density at radius 1 is 1.34 bits per heavy atom. The standard InChI is InChI=1S/C21H28N4O3S/c1-13(2)25-12-21-5-4-16(28-21)17(18(21)20(25)27)19(26)24-8-6-23(7-9-24)10-15-11-29-14(3)22-15/h4-5,11,13,16-18H,6-10,12H2,1-3H3/t16-,17+,18-,21+/m1/s1. The number of aryl methyl sites for hydroxylation is 1. The molecule has 0 aliphatic carbocycles. The molecule has 0 radical (unpaired) electrons. The molecule has 7 nitrogen and oxygen atoms in total. The van der Waals surface area contributed by atoms with E-state index in [1.165, 1.54) is 0 Å². The van der Waals surface area contributed by atoms with Crippen LogP contribution in [0.15, 0.2) is 17.5 Å². The van der Waals surface area contributed by atoms with Crippen LogP contribution in [0.4, 0.5) is 0 Å². The third-order valence-electron chi connectivity index (χ3n) is 6.77. The van der Waals surface area contributed by atoms with Crippen LogP contribution in [0.1, 0.15) is 24.5 Å². The summed E-state index contributed by atoms with van der Waals surface area (Å²) in [7, 11) is 0. The van der Waals surface area contributed by atoms with Crippen molar-refractivity contribution in [2.24, 2.45) is 11.8 Å². The monoisotopic (exact) mass is 416 g/mol. The number of rotatable bonds is 4. The van der Waals surface area contributed by atoms with Crippen LogP contribution in [0.25, 0.3) is 0 Å². The third kappa shape index (κ3) is 3.04. The van der Waals surface area contributed by atoms with Crippen LogP contribution in [-0.4, -0.2) is 82.0 Å². The maximum atomic E-state index is 13.4. The Hall–Kier alpha value is -1.77. The number of ether oxygens (including phenoxy) is 1. The summed E-state index contributed by atoms with van der Waals surface area (Å²) in [6.07, 6.45) is 3.76. The Balaban J connectivity index is 1.26. The number of likely N-dealkylation sites (tertiary alicyclic amines) is 1. The lowest BCUT2D eigenvalue weighted by Crippen LogP contribution is -2.53. The maximum absolute atomic E-state index is 13.4. The summed E-state index contributed by atoms with van der Waals surface area (Å²) in [6.45, 7) is 10.5. The first kappa shape index (κ1) is 19.2. The van der Waals surface area contributed by atoms with Gasteiger partial charge < -0.3 is 14.5 Å². The van der Waals surface area contributed by atoms with Crippen molar-refractivity contribution < 1.29 is 14.3 Å². The van der Waals surface area contributed by atoms with Crippen LogP contribution in [0.2, 0.25) is 0 Å². The van der Waals surface area contributed by atoms with Gasteiger partial charge in [0.15, 0.2) is 0 Å². The van der Waals surface area contributed by atoms with Gasteiger partial charge in [0.1, 0.15) is 5.60 Å². The van der Waals surface area contributed by atoms with Crippen LogP contribution < -0.4 is 0 Å². The van der Waals surface area contributed by atoms with Crippen LogP contribution in [0, 0.1) is 18.8 Å². The molecule has 1 aromatic rings. The zero-order chi connectivity index (χ0) is 20.3. The van der Waals surface area contributed by atoms with E-state index in [2.05, 4.69) is 15.3 Å². The Labute approximate surface area is 175 Å². The van der Waals surface area contributed by atoms with E-state index in [-0.39, 0.29) is 35.8 Å². The molecule has 8 heteroatoms. The summed E-state index contributed by atoms with van der Waals surface area (Å²) in [4.78, 5) is 37.2. The lowest BCUT2D eigenvalue weighted by molar-refractivity contribution is -0.145. The summed E-state index contributed by atoms with van der Waals surface area (Å²) in [5, 5.41) is 3.20. The SMILES string of the molecule is Cc1nc(CN2CCN(C(=O)[C@H]3[C@H]4C=C[C@@]5(CN(C(C)C)C(=O)[C@@H]35)O4)CC2)cs1. The number of carbonyl (C=O) groups is 2. The fraction of sp³-hybridized carbons (Fsp3) is 0.667. The smallest absolute Gasteiger partial charge is 0.230 e. The van der Waals surface area contributed by atoms with E-state index in [1.807, 2.05) is 42.7 Å². The Morgan fingerprint density at radius 2 is 2.10 bits per heavy atom. The highest BCUT2D eigenvalue weighted by Crippen LogP contribution is 2.52. The highest BCUT2D eigenvalue weighted by molar-refractivity contribution is 7.09. The van der Waals surface area contributed by atoms with Crippen molar-refractivity contribution in [3.05, 3.63) is 28.2 Å². The molecule has 4 aliphatic heterocycles. The van der Waals surface area contributed by atoms with E-state index in [0.717, 1.165) is 30.3 Å². The number of amides is 2. The number of thiazole rings is 1. The van der Waals surface area contributed by atoms with Gasteiger partial charge in [0.05, 0.1) is 35.2 Å². The molecule has 1 spiro atoms. The molecular formula is C21H28N4O3S. The molecule has 156 valence electrons. The third-order valence-corrected chi connectivity index (χ3v) is 7.60. The van der Waals surface area contributed by atoms with E-state index >= 15 is 0 Å². The number of hydrogen-bond donors (Lipinski definition) is 0. The number of hydrogen-bond acceptors (Lipinski definition) is 6. The maximum Gasteiger partial charge on any atom is 0.230 e. The number of carbonyl (C=O) groups excluding carboxylic acids is 2. The lowest BCUT2D eigenvalue weighted by Gasteiger charge is -2.37. The topological polar surface area (TPSA) is 66.0 Å². The molecule has 0 unspecified atom stereocenters. The predicted molar refractivity (Wildman–Crippen MR) is 109 cm³/mol. The van der Waals surface area contributed by atoms with Gasteiger partial charge in [0.2, 0.25) is 11.8 Å². The number of aromatic nitrogens is 1. The molecule has 0 aromatic carbocycles. The summed E-state index contributed by atoms with van der Waals surface area (Å²) >= 11 is 1.67. The van der Waals surface area contributed by atoms with E-state index < -0.39 is 5.60 Å². The molecule has 4 aliphatic rings. The van der Waals surface area contributed by atoms with E-state index in [1.54, 1.807) is 11.3 Å². The molecule has 4 atom stereocenters. The predicted octanol–water partition coefficient (Wildman–Crippen LogP) is 1.29. The lowest BCUT2D eigenvalue weighted by atomic mass is 9.76. The minimum Gasteiger partial charge on any atom is -0.360 e. The minimum absolute atomic E-state index is 0.0720. The summed E-state index contributed by atoms with van der Waals surface area (Å²) in [6, 6.07) is 0.118. The van der Waals surface area contributed by atoms with Crippen molar-refractivity contribution in [1.29, 1.82) is 0 Å². The highest BCUT2D eigenvalue weighted by atomic mass is 32.1. The Bertz CT molecular complexity index is 860. The van der Waals surface area contributed by atoms with E-state index in [4.69, 9.17) is 4.74 Å². The zero-order valence-corrected chi connectivity index (χ0v) is 18.0. The van der Waals surface area contributed by atoms with Crippen LogP contribution in [0.5, 0.6) is 0 Å². The van der Waals surface area contributed by atoms with Gasteiger partial charge in [-0.05, 0) is 20.8 Å². The molecule has 2 bridgehead atoms. The molecule has 0 saturated carbocycles. The minimum atomic E-state index is -0.601. The van der Waals surface area contributed by atoms with Gasteiger partial charge in [-0.25, -0.2) is 4.98 Å². The number of piperazine rings is 1. The summed E-state index contributed by atoms with van der Waals surface area (Å²) < 4.78 is 6.22. The first-order valence-corrected chi connectivity index (χ1v) is 11.4. The molecular weight excluding hydrogens is 388 g/mol. The molecule has 5 heterocycles. The van der Waals surface area contributed by atoms with Gasteiger partial charge in [-0.2, -0.15) is 0 Å². The summed E-state index contributed by atoms with van der Waals surface area (Å²) in [5.41, 5.74) is 0.502. The molecule has 29 heavy (non-hydrogen) atoms. The first-order valence-electron chi connectivity index (χ1n) is 10.5. The largest absolute Gasteiger partial charge is 0.360 e. The first-order chi connectivity index (χ1) is 13.9. The van der Waals surface area contributed by atoms with E-state index in [9.17, 15) is 9.59 Å². The molecule has 1 aromatic heterocycles. The average Bonchev–Trinajstić information content (AvgIpc) is 3.43. The van der Waals surface area contributed by atoms with Crippen molar-refractivity contribution in [2.75, 3.05) is 32.7 Å². The average molecular weight is 417 g/mol. The van der Waals surface area contributed by atoms with Crippen molar-refractivity contribution in [3.8, 4) is 0 Å². The van der Waals surface area contributed by atoms with Crippen molar-refractivity contribution >= 4 is 23.2 Å². The van der Waals surface area contributed by atoms with Gasteiger partial charge >= 0.3 is 0 Å². The molecule has 5 rings (SSSR count). The van der Waals surface area contributed by atoms with Gasteiger partial charge in [-0.15, -0.1) is 11.3 Å². The Kier molecular flexibility index (Phi) is 4.56. The molecule has 2 amide bonds. The van der Waals surface area contributed by atoms with Crippen molar-refractivity contribution in [3.63, 3.8) is 0 Å². The summed E-state index contributed by atoms with van der Waals surface area (Å²) in [5.74, 6) is -0.607. The second-order valence-electron chi connectivity index (χ2n) is 8.92. The fourth-order valence-electron chi connectivity index (χ4n) is 5.29.